The molecule has 2 aliphatic heterocycles. The van der Waals surface area contributed by atoms with E-state index in [1.165, 1.54) is 12.8 Å². The highest BCUT2D eigenvalue weighted by molar-refractivity contribution is 14.1. The maximum atomic E-state index is 9.34. The SMILES string of the molecule is OC1CC2CCC1N2I. The van der Waals surface area contributed by atoms with Crippen molar-refractivity contribution in [3.8, 4) is 0 Å². The lowest BCUT2D eigenvalue weighted by atomic mass is 9.98. The van der Waals surface area contributed by atoms with Crippen LogP contribution in [0, 0.1) is 0 Å². The highest BCUT2D eigenvalue weighted by atomic mass is 127. The van der Waals surface area contributed by atoms with E-state index in [1.807, 2.05) is 0 Å². The van der Waals surface area contributed by atoms with Crippen molar-refractivity contribution in [1.29, 1.82) is 0 Å². The summed E-state index contributed by atoms with van der Waals surface area (Å²) >= 11 is 2.34. The summed E-state index contributed by atoms with van der Waals surface area (Å²) in [6.07, 6.45) is 3.48. The van der Waals surface area contributed by atoms with E-state index in [0.717, 1.165) is 6.42 Å². The fourth-order valence-corrected chi connectivity index (χ4v) is 3.05. The summed E-state index contributed by atoms with van der Waals surface area (Å²) < 4.78 is 2.29. The summed E-state index contributed by atoms with van der Waals surface area (Å²) in [4.78, 5) is 0. The molecule has 1 N–H and O–H groups in total. The Labute approximate surface area is 68.7 Å². The van der Waals surface area contributed by atoms with Gasteiger partial charge in [-0.05, 0) is 19.3 Å². The van der Waals surface area contributed by atoms with Gasteiger partial charge in [0.25, 0.3) is 0 Å². The average molecular weight is 239 g/mol. The number of hydrogen-bond donors (Lipinski definition) is 1. The number of aliphatic hydroxyl groups excluding tert-OH is 1. The van der Waals surface area contributed by atoms with Crippen LogP contribution in [0.2, 0.25) is 0 Å². The van der Waals surface area contributed by atoms with Gasteiger partial charge in [0.2, 0.25) is 0 Å². The summed E-state index contributed by atoms with van der Waals surface area (Å²) in [6, 6.07) is 1.17. The van der Waals surface area contributed by atoms with Crippen LogP contribution in [-0.2, 0) is 0 Å². The Morgan fingerprint density at radius 1 is 1.44 bits per heavy atom. The van der Waals surface area contributed by atoms with E-state index >= 15 is 0 Å². The number of fused-ring (bicyclic) bond motifs is 2. The minimum atomic E-state index is -0.0272. The first-order valence-corrected chi connectivity index (χ1v) is 4.37. The van der Waals surface area contributed by atoms with E-state index in [4.69, 9.17) is 0 Å². The van der Waals surface area contributed by atoms with Gasteiger partial charge in [-0.15, -0.1) is 0 Å². The molecule has 2 heterocycles. The van der Waals surface area contributed by atoms with Gasteiger partial charge in [-0.3, -0.25) is 0 Å². The lowest BCUT2D eigenvalue weighted by Gasteiger charge is -2.13. The number of aliphatic hydroxyl groups is 1. The van der Waals surface area contributed by atoms with Crippen molar-refractivity contribution in [2.45, 2.75) is 37.5 Å². The van der Waals surface area contributed by atoms with Crippen molar-refractivity contribution < 1.29 is 5.11 Å². The lowest BCUT2D eigenvalue weighted by molar-refractivity contribution is 0.140. The first kappa shape index (κ1) is 6.37. The number of rotatable bonds is 0. The summed E-state index contributed by atoms with van der Waals surface area (Å²) in [6.45, 7) is 0. The van der Waals surface area contributed by atoms with Gasteiger partial charge in [-0.2, -0.15) is 0 Å². The summed E-state index contributed by atoms with van der Waals surface area (Å²) in [5, 5.41) is 9.34. The molecule has 9 heavy (non-hydrogen) atoms. The van der Waals surface area contributed by atoms with Crippen LogP contribution in [0.5, 0.6) is 0 Å². The van der Waals surface area contributed by atoms with Crippen LogP contribution in [0.4, 0.5) is 0 Å². The molecule has 2 rings (SSSR count). The molecule has 0 saturated carbocycles. The number of halogens is 1. The molecule has 0 aliphatic carbocycles. The first-order valence-electron chi connectivity index (χ1n) is 3.41. The van der Waals surface area contributed by atoms with Gasteiger partial charge in [-0.1, -0.05) is 0 Å². The second kappa shape index (κ2) is 2.07. The second-order valence-corrected chi connectivity index (χ2v) is 4.06. The molecule has 3 heteroatoms. The highest BCUT2D eigenvalue weighted by Crippen LogP contribution is 2.39. The van der Waals surface area contributed by atoms with Gasteiger partial charge in [0.05, 0.1) is 6.10 Å². The van der Waals surface area contributed by atoms with Crippen molar-refractivity contribution in [2.75, 3.05) is 0 Å². The molecule has 0 spiro atoms. The molecule has 2 nitrogen and oxygen atoms in total. The summed E-state index contributed by atoms with van der Waals surface area (Å²) in [7, 11) is 0. The third kappa shape index (κ3) is 0.816. The third-order valence-electron chi connectivity index (χ3n) is 2.42. The monoisotopic (exact) mass is 239 g/mol. The van der Waals surface area contributed by atoms with Crippen LogP contribution in [0.25, 0.3) is 0 Å². The van der Waals surface area contributed by atoms with Gasteiger partial charge in [0.1, 0.15) is 0 Å². The van der Waals surface area contributed by atoms with Crippen LogP contribution in [0.1, 0.15) is 19.3 Å². The smallest absolute Gasteiger partial charge is 0.0718 e. The Kier molecular flexibility index (Phi) is 1.46. The Hall–Kier alpha value is 0.650. The summed E-state index contributed by atoms with van der Waals surface area (Å²) in [5.41, 5.74) is 0. The number of nitrogens with zero attached hydrogens (tertiary/aromatic N) is 1. The van der Waals surface area contributed by atoms with E-state index in [-0.39, 0.29) is 6.10 Å². The molecule has 2 bridgehead atoms. The normalized spacial score (nSPS) is 50.7. The molecule has 0 aromatic heterocycles. The lowest BCUT2D eigenvalue weighted by Crippen LogP contribution is -2.24. The van der Waals surface area contributed by atoms with E-state index in [0.29, 0.717) is 12.1 Å². The predicted molar refractivity (Wildman–Crippen MR) is 43.3 cm³/mol. The summed E-state index contributed by atoms with van der Waals surface area (Å²) in [5.74, 6) is 0. The van der Waals surface area contributed by atoms with Gasteiger partial charge < -0.3 is 5.11 Å². The van der Waals surface area contributed by atoms with E-state index < -0.39 is 0 Å². The predicted octanol–water partition coefficient (Wildman–Crippen LogP) is 0.934. The Morgan fingerprint density at radius 2 is 2.22 bits per heavy atom. The van der Waals surface area contributed by atoms with Gasteiger partial charge in [0.15, 0.2) is 0 Å². The largest absolute Gasteiger partial charge is 0.391 e. The zero-order valence-corrected chi connectivity index (χ0v) is 7.28. The fourth-order valence-electron chi connectivity index (χ4n) is 1.89. The molecule has 2 fully saturated rings. The van der Waals surface area contributed by atoms with Crippen LogP contribution < -0.4 is 0 Å². The molecule has 0 amide bonds. The molecular weight excluding hydrogens is 229 g/mol. The standard InChI is InChI=1S/C6H10INO/c7-8-4-1-2-5(8)6(9)3-4/h4-6,9H,1-3H2. The molecule has 3 unspecified atom stereocenters. The van der Waals surface area contributed by atoms with Crippen molar-refractivity contribution in [2.24, 2.45) is 0 Å². The topological polar surface area (TPSA) is 23.5 Å². The molecular formula is C6H10INO. The molecule has 0 radical (unpaired) electrons. The van der Waals surface area contributed by atoms with E-state index in [2.05, 4.69) is 26.0 Å². The molecule has 0 aromatic rings. The number of hydrogen-bond acceptors (Lipinski definition) is 2. The van der Waals surface area contributed by atoms with Crippen molar-refractivity contribution in [3.63, 3.8) is 0 Å². The van der Waals surface area contributed by atoms with Crippen molar-refractivity contribution in [3.05, 3.63) is 0 Å². The molecule has 2 saturated heterocycles. The van der Waals surface area contributed by atoms with Crippen LogP contribution >= 0.6 is 22.9 Å². The minimum absolute atomic E-state index is 0.0272. The third-order valence-corrected chi connectivity index (χ3v) is 3.92. The van der Waals surface area contributed by atoms with Gasteiger partial charge >= 0.3 is 0 Å². The zero-order valence-electron chi connectivity index (χ0n) is 5.13. The Balaban J connectivity index is 2.16. The molecule has 52 valence electrons. The van der Waals surface area contributed by atoms with Crippen LogP contribution in [0.3, 0.4) is 0 Å². The Bertz CT molecular complexity index is 130. The van der Waals surface area contributed by atoms with Crippen LogP contribution in [0.15, 0.2) is 0 Å². The van der Waals surface area contributed by atoms with Gasteiger partial charge in [-0.25, -0.2) is 3.11 Å². The minimum Gasteiger partial charge on any atom is -0.391 e. The molecule has 3 atom stereocenters. The van der Waals surface area contributed by atoms with Crippen LogP contribution in [-0.4, -0.2) is 26.4 Å². The Morgan fingerprint density at radius 3 is 2.44 bits per heavy atom. The quantitative estimate of drug-likeness (QED) is 0.502. The van der Waals surface area contributed by atoms with Gasteiger partial charge in [0, 0.05) is 34.9 Å². The van der Waals surface area contributed by atoms with E-state index in [9.17, 15) is 5.11 Å². The average Bonchev–Trinajstić information content (AvgIpc) is 2.25. The van der Waals surface area contributed by atoms with Crippen molar-refractivity contribution >= 4 is 22.9 Å². The second-order valence-electron chi connectivity index (χ2n) is 2.95. The fraction of sp³-hybridized carbons (Fsp3) is 1.00. The maximum absolute atomic E-state index is 9.34. The molecule has 2 aliphatic rings. The maximum Gasteiger partial charge on any atom is 0.0718 e. The first-order chi connectivity index (χ1) is 4.29. The van der Waals surface area contributed by atoms with Crippen molar-refractivity contribution in [1.82, 2.24) is 3.11 Å². The zero-order chi connectivity index (χ0) is 6.43. The van der Waals surface area contributed by atoms with E-state index in [1.54, 1.807) is 0 Å². The molecule has 0 aromatic carbocycles. The highest BCUT2D eigenvalue weighted by Gasteiger charge is 2.44.